The third-order valence-electron chi connectivity index (χ3n) is 2.25. The predicted octanol–water partition coefficient (Wildman–Crippen LogP) is 1.84. The molecule has 0 aromatic carbocycles. The normalized spacial score (nSPS) is 13.1. The maximum Gasteiger partial charge on any atom is 0.122 e. The van der Waals surface area contributed by atoms with Gasteiger partial charge < -0.3 is 15.5 Å². The van der Waals surface area contributed by atoms with E-state index in [2.05, 4.69) is 19.2 Å². The first-order chi connectivity index (χ1) is 6.81. The minimum atomic E-state index is 0.162. The summed E-state index contributed by atoms with van der Waals surface area (Å²) in [6, 6.07) is 4.19. The molecular formula is C11H20N2O. The first kappa shape index (κ1) is 11.3. The average molecular weight is 196 g/mol. The van der Waals surface area contributed by atoms with Crippen molar-refractivity contribution < 1.29 is 4.42 Å². The van der Waals surface area contributed by atoms with Crippen LogP contribution in [0.5, 0.6) is 0 Å². The zero-order chi connectivity index (χ0) is 10.4. The van der Waals surface area contributed by atoms with Gasteiger partial charge in [-0.3, -0.25) is 0 Å². The Bertz CT molecular complexity index is 258. The molecule has 0 aliphatic rings. The number of hydrogen-bond donors (Lipinski definition) is 2. The van der Waals surface area contributed by atoms with Gasteiger partial charge in [-0.15, -0.1) is 0 Å². The molecule has 80 valence electrons. The summed E-state index contributed by atoms with van der Waals surface area (Å²) in [7, 11) is 0. The van der Waals surface area contributed by atoms with Crippen molar-refractivity contribution in [3.05, 3.63) is 23.7 Å². The molecule has 0 bridgehead atoms. The summed E-state index contributed by atoms with van der Waals surface area (Å²) in [6.45, 7) is 5.78. The number of furan rings is 1. The summed E-state index contributed by atoms with van der Waals surface area (Å²) in [5.41, 5.74) is 5.67. The van der Waals surface area contributed by atoms with E-state index in [-0.39, 0.29) is 6.04 Å². The lowest BCUT2D eigenvalue weighted by Crippen LogP contribution is -2.28. The molecule has 0 amide bonds. The monoisotopic (exact) mass is 196 g/mol. The van der Waals surface area contributed by atoms with Gasteiger partial charge in [0.2, 0.25) is 0 Å². The molecular weight excluding hydrogens is 176 g/mol. The van der Waals surface area contributed by atoms with Crippen LogP contribution in [0.4, 0.5) is 0 Å². The van der Waals surface area contributed by atoms with Crippen molar-refractivity contribution in [1.82, 2.24) is 5.32 Å². The molecule has 3 heteroatoms. The molecule has 1 atom stereocenters. The van der Waals surface area contributed by atoms with E-state index >= 15 is 0 Å². The van der Waals surface area contributed by atoms with Crippen LogP contribution in [0.25, 0.3) is 0 Å². The maximum absolute atomic E-state index is 5.67. The number of nitrogens with two attached hydrogens (primary N) is 1. The van der Waals surface area contributed by atoms with Crippen LogP contribution in [0.3, 0.4) is 0 Å². The van der Waals surface area contributed by atoms with Crippen LogP contribution in [0.1, 0.15) is 37.8 Å². The largest absolute Gasteiger partial charge is 0.464 e. The summed E-state index contributed by atoms with van der Waals surface area (Å²) in [5, 5.41) is 3.35. The molecule has 3 N–H and O–H groups in total. The Labute approximate surface area is 85.7 Å². The molecule has 1 aromatic rings. The van der Waals surface area contributed by atoms with E-state index in [1.165, 1.54) is 0 Å². The van der Waals surface area contributed by atoms with Crippen molar-refractivity contribution in [3.63, 3.8) is 0 Å². The smallest absolute Gasteiger partial charge is 0.122 e. The van der Waals surface area contributed by atoms with Crippen LogP contribution in [-0.2, 0) is 6.42 Å². The molecule has 1 heterocycles. The highest BCUT2D eigenvalue weighted by molar-refractivity contribution is 5.11. The van der Waals surface area contributed by atoms with Gasteiger partial charge in [0.05, 0.1) is 6.04 Å². The van der Waals surface area contributed by atoms with E-state index < -0.39 is 0 Å². The Morgan fingerprint density at radius 2 is 2.21 bits per heavy atom. The highest BCUT2D eigenvalue weighted by Crippen LogP contribution is 2.16. The van der Waals surface area contributed by atoms with Crippen LogP contribution in [0.2, 0.25) is 0 Å². The zero-order valence-electron chi connectivity index (χ0n) is 9.05. The Kier molecular flexibility index (Phi) is 4.70. The predicted molar refractivity (Wildman–Crippen MR) is 58.2 cm³/mol. The topological polar surface area (TPSA) is 51.2 Å². The Morgan fingerprint density at radius 1 is 1.43 bits per heavy atom. The fraction of sp³-hybridized carbons (Fsp3) is 0.636. The molecule has 0 spiro atoms. The van der Waals surface area contributed by atoms with Crippen molar-refractivity contribution in [3.8, 4) is 0 Å². The van der Waals surface area contributed by atoms with E-state index in [0.717, 1.165) is 30.9 Å². The number of nitrogens with one attached hydrogen (secondary N) is 1. The SMILES string of the molecule is CCCNC(CN)c1ccc(CC)o1. The minimum Gasteiger partial charge on any atom is -0.464 e. The molecule has 0 aliphatic heterocycles. The lowest BCUT2D eigenvalue weighted by molar-refractivity contribution is 0.398. The molecule has 14 heavy (non-hydrogen) atoms. The third-order valence-corrected chi connectivity index (χ3v) is 2.25. The second-order valence-corrected chi connectivity index (χ2v) is 3.40. The fourth-order valence-electron chi connectivity index (χ4n) is 1.39. The quantitative estimate of drug-likeness (QED) is 0.730. The molecule has 1 rings (SSSR count). The second-order valence-electron chi connectivity index (χ2n) is 3.40. The summed E-state index contributed by atoms with van der Waals surface area (Å²) >= 11 is 0. The van der Waals surface area contributed by atoms with E-state index in [1.54, 1.807) is 0 Å². The first-order valence-electron chi connectivity index (χ1n) is 5.33. The minimum absolute atomic E-state index is 0.162. The van der Waals surface area contributed by atoms with Crippen LogP contribution < -0.4 is 11.1 Å². The van der Waals surface area contributed by atoms with Crippen LogP contribution in [-0.4, -0.2) is 13.1 Å². The van der Waals surface area contributed by atoms with Gasteiger partial charge in [-0.2, -0.15) is 0 Å². The highest BCUT2D eigenvalue weighted by Gasteiger charge is 2.12. The van der Waals surface area contributed by atoms with Crippen molar-refractivity contribution in [2.45, 2.75) is 32.7 Å². The molecule has 0 radical (unpaired) electrons. The van der Waals surface area contributed by atoms with E-state index in [0.29, 0.717) is 6.54 Å². The molecule has 0 fully saturated rings. The average Bonchev–Trinajstić information content (AvgIpc) is 2.68. The summed E-state index contributed by atoms with van der Waals surface area (Å²) in [6.07, 6.45) is 2.04. The zero-order valence-corrected chi connectivity index (χ0v) is 9.05. The van der Waals surface area contributed by atoms with Crippen molar-refractivity contribution >= 4 is 0 Å². The van der Waals surface area contributed by atoms with Gasteiger partial charge in [0.15, 0.2) is 0 Å². The lowest BCUT2D eigenvalue weighted by atomic mass is 10.2. The standard InChI is InChI=1S/C11H20N2O/c1-3-7-13-10(8-12)11-6-5-9(4-2)14-11/h5-6,10,13H,3-4,7-8,12H2,1-2H3. The van der Waals surface area contributed by atoms with Crippen molar-refractivity contribution in [2.75, 3.05) is 13.1 Å². The van der Waals surface area contributed by atoms with E-state index in [9.17, 15) is 0 Å². The van der Waals surface area contributed by atoms with Crippen LogP contribution in [0, 0.1) is 0 Å². The van der Waals surface area contributed by atoms with Crippen molar-refractivity contribution in [1.29, 1.82) is 0 Å². The maximum atomic E-state index is 5.67. The summed E-state index contributed by atoms with van der Waals surface area (Å²) in [4.78, 5) is 0. The van der Waals surface area contributed by atoms with Crippen LogP contribution >= 0.6 is 0 Å². The number of hydrogen-bond acceptors (Lipinski definition) is 3. The van der Waals surface area contributed by atoms with Gasteiger partial charge in [-0.25, -0.2) is 0 Å². The van der Waals surface area contributed by atoms with E-state index in [1.807, 2.05) is 12.1 Å². The molecule has 0 saturated carbocycles. The summed E-state index contributed by atoms with van der Waals surface area (Å²) < 4.78 is 5.64. The second kappa shape index (κ2) is 5.83. The van der Waals surface area contributed by atoms with E-state index in [4.69, 9.17) is 10.2 Å². The Hall–Kier alpha value is -0.800. The van der Waals surface area contributed by atoms with Gasteiger partial charge >= 0.3 is 0 Å². The van der Waals surface area contributed by atoms with Crippen molar-refractivity contribution in [2.24, 2.45) is 5.73 Å². The molecule has 1 unspecified atom stereocenters. The number of aryl methyl sites for hydroxylation is 1. The molecule has 1 aromatic heterocycles. The van der Waals surface area contributed by atoms with Gasteiger partial charge in [0, 0.05) is 13.0 Å². The Morgan fingerprint density at radius 3 is 2.71 bits per heavy atom. The van der Waals surface area contributed by atoms with Gasteiger partial charge in [0.25, 0.3) is 0 Å². The number of rotatable bonds is 6. The molecule has 0 saturated heterocycles. The lowest BCUT2D eigenvalue weighted by Gasteiger charge is -2.13. The molecule has 3 nitrogen and oxygen atoms in total. The molecule has 0 aliphatic carbocycles. The summed E-state index contributed by atoms with van der Waals surface area (Å²) in [5.74, 6) is 1.98. The highest BCUT2D eigenvalue weighted by atomic mass is 16.3. The van der Waals surface area contributed by atoms with Gasteiger partial charge in [-0.05, 0) is 25.1 Å². The third kappa shape index (κ3) is 2.86. The first-order valence-corrected chi connectivity index (χ1v) is 5.33. The van der Waals surface area contributed by atoms with Crippen LogP contribution in [0.15, 0.2) is 16.5 Å². The Balaban J connectivity index is 2.58. The van der Waals surface area contributed by atoms with Gasteiger partial charge in [-0.1, -0.05) is 13.8 Å². The van der Waals surface area contributed by atoms with Gasteiger partial charge in [0.1, 0.15) is 11.5 Å². The fourth-order valence-corrected chi connectivity index (χ4v) is 1.39.